The maximum absolute atomic E-state index is 0. The molecule has 0 saturated heterocycles. The van der Waals surface area contributed by atoms with Crippen molar-refractivity contribution in [2.75, 3.05) is 0 Å². The van der Waals surface area contributed by atoms with Crippen LogP contribution in [0.25, 0.3) is 0 Å². The summed E-state index contributed by atoms with van der Waals surface area (Å²) in [5, 5.41) is 0. The van der Waals surface area contributed by atoms with Crippen LogP contribution in [0.15, 0.2) is 0 Å². The molecule has 0 fully saturated rings. The standard InChI is InChI=1S/Ag.Cd.Ga.GeH4.In.K.Na.Pb.Tl.Zn.10H/h;;;1H4;;;;;;;;;;;;;;;;/q;;;;;2*+1;;;;;;;;;;;;2*-1. The third-order valence-corrected chi connectivity index (χ3v) is 0. The van der Waals surface area contributed by atoms with Crippen LogP contribution in [0.4, 0.5) is 0 Å². The summed E-state index contributed by atoms with van der Waals surface area (Å²) in [6, 6.07) is 0. The summed E-state index contributed by atoms with van der Waals surface area (Å²) >= 11 is 0. The fourth-order valence-electron chi connectivity index (χ4n) is 0. The van der Waals surface area contributed by atoms with Crippen molar-refractivity contribution in [2.45, 2.75) is 0 Å². The van der Waals surface area contributed by atoms with Gasteiger partial charge in [-0.1, -0.05) is 0 Å². The molecule has 48 valence electrons. The van der Waals surface area contributed by atoms with Crippen molar-refractivity contribution in [3.8, 4) is 0 Å². The molecule has 0 heterocycles. The van der Waals surface area contributed by atoms with Gasteiger partial charge in [-0.3, -0.25) is 0 Å². The minimum absolute atomic E-state index is 0. The Labute approximate surface area is 262 Å². The summed E-state index contributed by atoms with van der Waals surface area (Å²) in [5.74, 6) is 0. The second kappa shape index (κ2) is 64.8. The van der Waals surface area contributed by atoms with Crippen molar-refractivity contribution in [1.82, 2.24) is 0 Å². The summed E-state index contributed by atoms with van der Waals surface area (Å²) in [6.07, 6.45) is 0. The third-order valence-electron chi connectivity index (χ3n) is 0. The minimum atomic E-state index is 0. The van der Waals surface area contributed by atoms with Gasteiger partial charge in [0.2, 0.25) is 0 Å². The van der Waals surface area contributed by atoms with E-state index in [1.807, 2.05) is 0 Å². The molecule has 0 rings (SSSR count). The molecule has 0 aromatic heterocycles. The largest absolute Gasteiger partial charge is 0 e. The first kappa shape index (κ1) is 76.8. The first-order chi connectivity index (χ1) is 0. The Kier molecular flexibility index (Phi) is 498. The van der Waals surface area contributed by atoms with Crippen LogP contribution in [0.1, 0.15) is 2.85 Å². The van der Waals surface area contributed by atoms with Gasteiger partial charge in [-0.2, -0.15) is 0 Å². The summed E-state index contributed by atoms with van der Waals surface area (Å²) in [5.41, 5.74) is 0. The van der Waals surface area contributed by atoms with E-state index >= 15 is 0 Å². The van der Waals surface area contributed by atoms with Crippen LogP contribution < -0.4 is 80.9 Å². The Morgan fingerprint density at radius 2 is 1.10 bits per heavy atom. The minimum Gasteiger partial charge on any atom is 0 e. The van der Waals surface area contributed by atoms with Crippen LogP contribution in [0.3, 0.4) is 0 Å². The van der Waals surface area contributed by atoms with Crippen LogP contribution >= 0.6 is 0 Å². The smallest absolute Gasteiger partial charge is 0 e. The SMILES string of the molecule is [Ag].[Cd].[GaH3].[GeH4].[H-].[H-].[InH3].[K+].[Na+].[PbH2].[Tl].[Zn]. The van der Waals surface area contributed by atoms with E-state index in [2.05, 4.69) is 0 Å². The Morgan fingerprint density at radius 3 is 1.10 bits per heavy atom. The van der Waals surface area contributed by atoms with E-state index in [1.54, 1.807) is 0 Å². The van der Waals surface area contributed by atoms with E-state index < -0.39 is 0 Å². The van der Waals surface area contributed by atoms with E-state index in [9.17, 15) is 0 Å². The van der Waals surface area contributed by atoms with Crippen molar-refractivity contribution in [3.63, 3.8) is 0 Å². The Hall–Kier alpha value is 8.82. The van der Waals surface area contributed by atoms with Crippen molar-refractivity contribution in [1.29, 1.82) is 0 Å². The van der Waals surface area contributed by atoms with Gasteiger partial charge in [0.1, 0.15) is 0 Å². The molecule has 0 nitrogen and oxygen atoms in total. The van der Waals surface area contributed by atoms with Crippen LogP contribution in [0.2, 0.25) is 0 Å². The monoisotopic (exact) mass is 1030 g/mol. The molecule has 0 aromatic carbocycles. The summed E-state index contributed by atoms with van der Waals surface area (Å²) in [4.78, 5) is 0. The zero-order valence-electron chi connectivity index (χ0n) is 7.00. The maximum atomic E-state index is 0. The van der Waals surface area contributed by atoms with Crippen molar-refractivity contribution in [2.24, 2.45) is 0 Å². The number of hydrogen-bond acceptors (Lipinski definition) is 0. The van der Waals surface area contributed by atoms with Crippen LogP contribution in [0, 0.1) is 0 Å². The Bertz CT molecular complexity index is 41.0. The van der Waals surface area contributed by atoms with Crippen LogP contribution in [-0.4, -0.2) is 118 Å². The van der Waals surface area contributed by atoms with E-state index in [1.165, 1.54) is 0 Å². The Morgan fingerprint density at radius 1 is 1.10 bits per heavy atom. The van der Waals surface area contributed by atoms with E-state index in [-0.39, 0.29) is 271 Å². The molecule has 0 unspecified atom stereocenters. The molecule has 0 aliphatic carbocycles. The molecule has 0 aliphatic heterocycles. The Balaban J connectivity index is 0. The van der Waals surface area contributed by atoms with Crippen molar-refractivity contribution >= 4 is 118 Å². The van der Waals surface area contributed by atoms with Gasteiger partial charge in [0.15, 0.2) is 0 Å². The zero-order chi connectivity index (χ0) is 0. The predicted molar refractivity (Wildman–Crippen MR) is 47.7 cm³/mol. The normalized spacial score (nSPS) is 0. The second-order valence-electron chi connectivity index (χ2n) is 0. The van der Waals surface area contributed by atoms with Crippen LogP contribution in [0.5, 0.6) is 0 Å². The maximum Gasteiger partial charge on any atom is 0 e. The van der Waals surface area contributed by atoms with Gasteiger partial charge in [0, 0.05) is 96.5 Å². The van der Waals surface area contributed by atoms with Gasteiger partial charge in [-0.15, -0.1) is 0 Å². The van der Waals surface area contributed by atoms with Gasteiger partial charge in [-0.05, 0) is 0 Å². The first-order valence-electron chi connectivity index (χ1n) is 0. The molecule has 0 bridgehead atoms. The van der Waals surface area contributed by atoms with Crippen LogP contribution in [-0.2, 0) is 69.2 Å². The quantitative estimate of drug-likeness (QED) is 0.212. The molecule has 4 radical (unpaired) electrons. The van der Waals surface area contributed by atoms with Gasteiger partial charge in [0.05, 0.1) is 0 Å². The zero-order valence-corrected chi connectivity index (χ0v) is 28.6. The predicted octanol–water partition coefficient (Wildman–Crippen LogP) is -10.9. The molecule has 0 aliphatic rings. The molecular weight excluding hydrogens is 1020 g/mol. The van der Waals surface area contributed by atoms with E-state index in [0.29, 0.717) is 0 Å². The average Bonchev–Trinajstić information content (AvgIpc) is 0. The molecule has 0 aromatic rings. The molecule has 0 amide bonds. The van der Waals surface area contributed by atoms with Crippen molar-refractivity contribution in [3.05, 3.63) is 0 Å². The second-order valence-corrected chi connectivity index (χ2v) is 0. The summed E-state index contributed by atoms with van der Waals surface area (Å²) < 4.78 is 0. The molecular formula is H14AgCdGaGeInKNaPbTlZn. The van der Waals surface area contributed by atoms with Gasteiger partial charge >= 0.3 is 171 Å². The fraction of sp³-hybridized carbons (Fsp3) is 0. The van der Waals surface area contributed by atoms with Gasteiger partial charge < -0.3 is 2.85 Å². The molecule has 0 atom stereocenters. The van der Waals surface area contributed by atoms with Crippen molar-refractivity contribution < 1.29 is 153 Å². The molecule has 10 heavy (non-hydrogen) atoms. The fourth-order valence-corrected chi connectivity index (χ4v) is 0. The number of rotatable bonds is 0. The molecule has 0 N–H and O–H groups in total. The van der Waals surface area contributed by atoms with E-state index in [0.717, 1.165) is 0 Å². The van der Waals surface area contributed by atoms with Gasteiger partial charge in [0.25, 0.3) is 0 Å². The molecule has 0 spiro atoms. The molecule has 0 saturated carbocycles. The molecule has 10 heteroatoms. The topological polar surface area (TPSA) is 0 Å². The number of hydrogen-bond donors (Lipinski definition) is 0. The summed E-state index contributed by atoms with van der Waals surface area (Å²) in [7, 11) is 0. The third kappa shape index (κ3) is 54.1. The van der Waals surface area contributed by atoms with E-state index in [4.69, 9.17) is 0 Å². The average molecular weight is 1030 g/mol. The van der Waals surface area contributed by atoms with Gasteiger partial charge in [-0.25, -0.2) is 0 Å². The summed E-state index contributed by atoms with van der Waals surface area (Å²) in [6.45, 7) is 0. The first-order valence-corrected chi connectivity index (χ1v) is 0.